The summed E-state index contributed by atoms with van der Waals surface area (Å²) in [6.45, 7) is 2.83. The lowest BCUT2D eigenvalue weighted by Gasteiger charge is -2.24. The van der Waals surface area contributed by atoms with Crippen LogP contribution in [0.3, 0.4) is 0 Å². The van der Waals surface area contributed by atoms with E-state index in [4.69, 9.17) is 4.42 Å². The number of carbonyl (C=O) groups is 3. The fraction of sp³-hybridized carbons (Fsp3) is 0.269. The average molecular weight is 476 g/mol. The van der Waals surface area contributed by atoms with Gasteiger partial charge in [-0.3, -0.25) is 14.4 Å². The summed E-state index contributed by atoms with van der Waals surface area (Å²) in [7, 11) is 0. The lowest BCUT2D eigenvalue weighted by Crippen LogP contribution is -2.48. The second kappa shape index (κ2) is 9.30. The Balaban J connectivity index is 1.20. The number of likely N-dealkylation sites (tertiary alicyclic amines) is 1. The monoisotopic (exact) mass is 475 g/mol. The first-order chi connectivity index (χ1) is 16.5. The Morgan fingerprint density at radius 3 is 2.71 bits per heavy atom. The van der Waals surface area contributed by atoms with Crippen molar-refractivity contribution < 1.29 is 18.8 Å². The minimum atomic E-state index is -0.501. The molecule has 2 aromatic heterocycles. The zero-order valence-electron chi connectivity index (χ0n) is 18.8. The van der Waals surface area contributed by atoms with E-state index in [-0.39, 0.29) is 24.3 Å². The maximum absolute atomic E-state index is 12.8. The minimum absolute atomic E-state index is 0.152. The predicted molar refractivity (Wildman–Crippen MR) is 132 cm³/mol. The molecule has 0 radical (unpaired) electrons. The summed E-state index contributed by atoms with van der Waals surface area (Å²) in [6.07, 6.45) is 1.39. The van der Waals surface area contributed by atoms with E-state index in [0.29, 0.717) is 30.7 Å². The number of nitrogens with one attached hydrogen (secondary N) is 2. The van der Waals surface area contributed by atoms with Gasteiger partial charge in [-0.25, -0.2) is 0 Å². The smallest absolute Gasteiger partial charge is 0.251 e. The molecule has 7 nitrogen and oxygen atoms in total. The average Bonchev–Trinajstić information content (AvgIpc) is 3.58. The summed E-state index contributed by atoms with van der Waals surface area (Å²) < 4.78 is 5.81. The van der Waals surface area contributed by atoms with Crippen LogP contribution in [-0.2, 0) is 16.1 Å². The summed E-state index contributed by atoms with van der Waals surface area (Å²) in [4.78, 5) is 41.0. The number of carbonyl (C=O) groups excluding carboxylic acids is 3. The Bertz CT molecular complexity index is 1390. The van der Waals surface area contributed by atoms with Gasteiger partial charge in [0.05, 0.1) is 13.1 Å². The van der Waals surface area contributed by atoms with Crippen molar-refractivity contribution in [3.63, 3.8) is 0 Å². The van der Waals surface area contributed by atoms with E-state index in [0.717, 1.165) is 27.7 Å². The van der Waals surface area contributed by atoms with Gasteiger partial charge in [-0.1, -0.05) is 18.2 Å². The molecular weight excluding hydrogens is 450 g/mol. The van der Waals surface area contributed by atoms with Crippen molar-refractivity contribution in [3.8, 4) is 0 Å². The number of hydrogen-bond donors (Lipinski definition) is 2. The van der Waals surface area contributed by atoms with E-state index in [1.54, 1.807) is 34.4 Å². The van der Waals surface area contributed by atoms with Crippen LogP contribution >= 0.6 is 11.3 Å². The molecule has 0 spiro atoms. The standard InChI is InChI=1S/C26H25N3O4S/c1-16-11-18(34-15-16)13-27-26(32)21-6-4-10-29(21)24(30)14-28-25(31)17-8-9-23-20(12-17)19-5-2-3-7-22(19)33-23/h2-3,5,7-9,11-12,15,21H,4,6,10,13-14H2,1H3,(H,27,32)(H,28,31). The molecule has 3 heterocycles. The van der Waals surface area contributed by atoms with Gasteiger partial charge in [0.25, 0.3) is 5.91 Å². The first-order valence-corrected chi connectivity index (χ1v) is 12.2. The lowest BCUT2D eigenvalue weighted by molar-refractivity contribution is -0.137. The molecule has 3 amide bonds. The third-order valence-electron chi connectivity index (χ3n) is 6.14. The fourth-order valence-electron chi connectivity index (χ4n) is 4.44. The Morgan fingerprint density at radius 2 is 1.88 bits per heavy atom. The molecule has 1 atom stereocenters. The molecule has 1 fully saturated rings. The molecule has 0 aliphatic carbocycles. The van der Waals surface area contributed by atoms with Gasteiger partial charge in [0, 0.05) is 27.8 Å². The van der Waals surface area contributed by atoms with Gasteiger partial charge in [-0.15, -0.1) is 11.3 Å². The normalized spacial score (nSPS) is 15.7. The Kier molecular flexibility index (Phi) is 6.06. The zero-order valence-corrected chi connectivity index (χ0v) is 19.6. The number of aryl methyl sites for hydroxylation is 1. The van der Waals surface area contributed by atoms with Crippen molar-refractivity contribution in [1.29, 1.82) is 0 Å². The molecule has 174 valence electrons. The van der Waals surface area contributed by atoms with Gasteiger partial charge < -0.3 is 20.0 Å². The number of para-hydroxylation sites is 1. The van der Waals surface area contributed by atoms with Crippen LogP contribution in [0.2, 0.25) is 0 Å². The van der Waals surface area contributed by atoms with E-state index >= 15 is 0 Å². The highest BCUT2D eigenvalue weighted by atomic mass is 32.1. The molecule has 0 bridgehead atoms. The summed E-state index contributed by atoms with van der Waals surface area (Å²) in [5, 5.41) is 9.48. The van der Waals surface area contributed by atoms with Gasteiger partial charge in [0.15, 0.2) is 0 Å². The van der Waals surface area contributed by atoms with E-state index < -0.39 is 6.04 Å². The molecule has 2 aromatic carbocycles. The highest BCUT2D eigenvalue weighted by Crippen LogP contribution is 2.29. The number of amides is 3. The van der Waals surface area contributed by atoms with Gasteiger partial charge in [-0.05, 0) is 61.0 Å². The number of hydrogen-bond acceptors (Lipinski definition) is 5. The van der Waals surface area contributed by atoms with Crippen LogP contribution in [-0.4, -0.2) is 41.8 Å². The molecule has 1 saturated heterocycles. The van der Waals surface area contributed by atoms with Crippen LogP contribution in [0.5, 0.6) is 0 Å². The number of furan rings is 1. The van der Waals surface area contributed by atoms with Gasteiger partial charge in [-0.2, -0.15) is 0 Å². The highest BCUT2D eigenvalue weighted by molar-refractivity contribution is 7.10. The van der Waals surface area contributed by atoms with E-state index in [2.05, 4.69) is 10.6 Å². The third kappa shape index (κ3) is 4.41. The maximum Gasteiger partial charge on any atom is 0.251 e. The largest absolute Gasteiger partial charge is 0.456 e. The number of benzene rings is 2. The van der Waals surface area contributed by atoms with Gasteiger partial charge in [0.1, 0.15) is 17.2 Å². The molecule has 8 heteroatoms. The van der Waals surface area contributed by atoms with E-state index in [1.165, 1.54) is 5.56 Å². The summed E-state index contributed by atoms with van der Waals surface area (Å²) in [5.41, 5.74) is 3.09. The molecule has 4 aromatic rings. The minimum Gasteiger partial charge on any atom is -0.456 e. The number of fused-ring (bicyclic) bond motifs is 3. The van der Waals surface area contributed by atoms with Crippen LogP contribution in [0, 0.1) is 6.92 Å². The summed E-state index contributed by atoms with van der Waals surface area (Å²) in [6, 6.07) is 14.4. The van der Waals surface area contributed by atoms with E-state index in [9.17, 15) is 14.4 Å². The number of thiophene rings is 1. The molecule has 1 unspecified atom stereocenters. The van der Waals surface area contributed by atoms with Gasteiger partial charge >= 0.3 is 0 Å². The molecule has 5 rings (SSSR count). The molecular formula is C26H25N3O4S. The number of nitrogens with zero attached hydrogens (tertiary/aromatic N) is 1. The van der Waals surface area contributed by atoms with Crippen molar-refractivity contribution in [2.24, 2.45) is 0 Å². The van der Waals surface area contributed by atoms with E-state index in [1.807, 2.05) is 42.6 Å². The van der Waals surface area contributed by atoms with Crippen LogP contribution in [0.25, 0.3) is 21.9 Å². The first kappa shape index (κ1) is 22.2. The summed E-state index contributed by atoms with van der Waals surface area (Å²) in [5.74, 6) is -0.748. The predicted octanol–water partition coefficient (Wildman–Crippen LogP) is 3.99. The van der Waals surface area contributed by atoms with Crippen LogP contribution in [0.4, 0.5) is 0 Å². The van der Waals surface area contributed by atoms with Crippen molar-refractivity contribution >= 4 is 51.0 Å². The third-order valence-corrected chi connectivity index (χ3v) is 7.19. The lowest BCUT2D eigenvalue weighted by atomic mass is 10.1. The zero-order chi connectivity index (χ0) is 23.7. The number of rotatable bonds is 6. The molecule has 0 saturated carbocycles. The fourth-order valence-corrected chi connectivity index (χ4v) is 5.25. The van der Waals surface area contributed by atoms with Crippen molar-refractivity contribution in [2.75, 3.05) is 13.1 Å². The van der Waals surface area contributed by atoms with Crippen molar-refractivity contribution in [3.05, 3.63) is 69.9 Å². The maximum atomic E-state index is 12.8. The highest BCUT2D eigenvalue weighted by Gasteiger charge is 2.33. The second-order valence-corrected chi connectivity index (χ2v) is 9.54. The molecule has 2 N–H and O–H groups in total. The van der Waals surface area contributed by atoms with Crippen LogP contribution in [0.1, 0.15) is 33.6 Å². The molecule has 1 aliphatic rings. The second-order valence-electron chi connectivity index (χ2n) is 8.55. The van der Waals surface area contributed by atoms with Crippen LogP contribution in [0.15, 0.2) is 58.3 Å². The van der Waals surface area contributed by atoms with Crippen LogP contribution < -0.4 is 10.6 Å². The Morgan fingerprint density at radius 1 is 1.06 bits per heavy atom. The SMILES string of the molecule is Cc1csc(CNC(=O)C2CCCN2C(=O)CNC(=O)c2ccc3oc4ccccc4c3c2)c1. The quantitative estimate of drug-likeness (QED) is 0.441. The Labute approximate surface area is 200 Å². The van der Waals surface area contributed by atoms with Crippen molar-refractivity contribution in [1.82, 2.24) is 15.5 Å². The van der Waals surface area contributed by atoms with Gasteiger partial charge in [0.2, 0.25) is 11.8 Å². The Hall–Kier alpha value is -3.65. The first-order valence-electron chi connectivity index (χ1n) is 11.3. The molecule has 1 aliphatic heterocycles. The summed E-state index contributed by atoms with van der Waals surface area (Å²) >= 11 is 1.60. The van der Waals surface area contributed by atoms with Crippen molar-refractivity contribution in [2.45, 2.75) is 32.4 Å². The molecule has 34 heavy (non-hydrogen) atoms. The topological polar surface area (TPSA) is 91.7 Å².